The molecule has 1 N–H and O–H groups in total. The van der Waals surface area contributed by atoms with Crippen LogP contribution in [-0.2, 0) is 6.54 Å². The van der Waals surface area contributed by atoms with E-state index in [-0.39, 0.29) is 18.0 Å². The molecule has 116 valence electrons. The van der Waals surface area contributed by atoms with Gasteiger partial charge in [0.2, 0.25) is 0 Å². The molecule has 0 aromatic heterocycles. The summed E-state index contributed by atoms with van der Waals surface area (Å²) in [5.74, 6) is 0.0861. The molecule has 8 heteroatoms. The van der Waals surface area contributed by atoms with E-state index >= 15 is 0 Å². The molecule has 0 saturated heterocycles. The molecule has 0 radical (unpaired) electrons. The smallest absolute Gasteiger partial charge is 0.387 e. The topological polar surface area (TPSA) is 64.4 Å². The summed E-state index contributed by atoms with van der Waals surface area (Å²) in [7, 11) is 0. The van der Waals surface area contributed by atoms with E-state index in [1.54, 1.807) is 24.3 Å². The molecule has 0 fully saturated rings. The highest BCUT2D eigenvalue weighted by Gasteiger charge is 2.11. The normalized spacial score (nSPS) is 10.5. The SMILES string of the molecule is O=[N+]([O-])c1ccc(NCc2ccccc2OC(F)F)c(Br)c1. The van der Waals surface area contributed by atoms with Crippen LogP contribution in [0.1, 0.15) is 5.56 Å². The molecule has 0 aliphatic heterocycles. The number of ether oxygens (including phenoxy) is 1. The number of para-hydroxylation sites is 1. The van der Waals surface area contributed by atoms with Gasteiger partial charge in [0.25, 0.3) is 5.69 Å². The second kappa shape index (κ2) is 7.17. The van der Waals surface area contributed by atoms with Gasteiger partial charge in [0.05, 0.1) is 4.92 Å². The highest BCUT2D eigenvalue weighted by Crippen LogP contribution is 2.28. The number of alkyl halides is 2. The molecule has 0 spiro atoms. The first-order valence-corrected chi connectivity index (χ1v) is 6.97. The molecule has 22 heavy (non-hydrogen) atoms. The minimum absolute atomic E-state index is 0.0427. The summed E-state index contributed by atoms with van der Waals surface area (Å²) in [6.45, 7) is -2.66. The molecule has 0 amide bonds. The van der Waals surface area contributed by atoms with E-state index in [0.29, 0.717) is 15.7 Å². The zero-order valence-corrected chi connectivity index (χ0v) is 12.7. The standard InChI is InChI=1S/C14H11BrF2N2O3/c15-11-7-10(19(20)21)5-6-12(11)18-8-9-3-1-2-4-13(9)22-14(16)17/h1-7,14,18H,8H2. The Kier molecular flexibility index (Phi) is 5.26. The number of halogens is 3. The van der Waals surface area contributed by atoms with Crippen molar-refractivity contribution >= 4 is 27.3 Å². The Bertz CT molecular complexity index is 683. The number of non-ortho nitro benzene ring substituents is 1. The molecule has 0 aliphatic carbocycles. The van der Waals surface area contributed by atoms with Crippen molar-refractivity contribution < 1.29 is 18.4 Å². The van der Waals surface area contributed by atoms with Crippen LogP contribution >= 0.6 is 15.9 Å². The molecule has 5 nitrogen and oxygen atoms in total. The third-order valence-electron chi connectivity index (χ3n) is 2.82. The van der Waals surface area contributed by atoms with Gasteiger partial charge in [-0.25, -0.2) is 0 Å². The number of nitro benzene ring substituents is 1. The van der Waals surface area contributed by atoms with Crippen LogP contribution in [0.4, 0.5) is 20.2 Å². The van der Waals surface area contributed by atoms with Crippen LogP contribution in [0.25, 0.3) is 0 Å². The first kappa shape index (κ1) is 16.2. The molecular formula is C14H11BrF2N2O3. The van der Waals surface area contributed by atoms with E-state index in [1.165, 1.54) is 18.2 Å². The maximum atomic E-state index is 12.3. The third-order valence-corrected chi connectivity index (χ3v) is 3.48. The number of benzene rings is 2. The molecule has 0 saturated carbocycles. The van der Waals surface area contributed by atoms with Gasteiger partial charge in [-0.15, -0.1) is 0 Å². The number of anilines is 1. The highest BCUT2D eigenvalue weighted by molar-refractivity contribution is 9.10. The van der Waals surface area contributed by atoms with Crippen molar-refractivity contribution in [3.05, 3.63) is 62.6 Å². The minimum Gasteiger partial charge on any atom is -0.434 e. The monoisotopic (exact) mass is 372 g/mol. The number of nitro groups is 1. The maximum absolute atomic E-state index is 12.3. The van der Waals surface area contributed by atoms with Gasteiger partial charge in [-0.1, -0.05) is 18.2 Å². The largest absolute Gasteiger partial charge is 0.434 e. The molecule has 0 bridgehead atoms. The van der Waals surface area contributed by atoms with Gasteiger partial charge >= 0.3 is 6.61 Å². The van der Waals surface area contributed by atoms with Crippen LogP contribution in [0.3, 0.4) is 0 Å². The van der Waals surface area contributed by atoms with E-state index in [0.717, 1.165) is 0 Å². The zero-order valence-electron chi connectivity index (χ0n) is 11.1. The van der Waals surface area contributed by atoms with Crippen LogP contribution in [0, 0.1) is 10.1 Å². The molecule has 0 heterocycles. The number of hydrogen-bond acceptors (Lipinski definition) is 4. The Morgan fingerprint density at radius 1 is 1.27 bits per heavy atom. The molecular weight excluding hydrogens is 362 g/mol. The lowest BCUT2D eigenvalue weighted by Gasteiger charge is -2.12. The van der Waals surface area contributed by atoms with Gasteiger partial charge in [-0.2, -0.15) is 8.78 Å². The quantitative estimate of drug-likeness (QED) is 0.595. The summed E-state index contributed by atoms with van der Waals surface area (Å²) < 4.78 is 29.6. The Morgan fingerprint density at radius 2 is 2.00 bits per heavy atom. The van der Waals surface area contributed by atoms with Crippen molar-refractivity contribution in [2.24, 2.45) is 0 Å². The first-order chi connectivity index (χ1) is 10.5. The van der Waals surface area contributed by atoms with Crippen molar-refractivity contribution in [3.8, 4) is 5.75 Å². The Hall–Kier alpha value is -2.22. The second-order valence-corrected chi connectivity index (χ2v) is 5.12. The summed E-state index contributed by atoms with van der Waals surface area (Å²) in [6, 6.07) is 10.7. The van der Waals surface area contributed by atoms with Crippen molar-refractivity contribution in [2.45, 2.75) is 13.2 Å². The van der Waals surface area contributed by atoms with Gasteiger partial charge in [-0.3, -0.25) is 10.1 Å². The van der Waals surface area contributed by atoms with E-state index < -0.39 is 11.5 Å². The van der Waals surface area contributed by atoms with Crippen molar-refractivity contribution in [1.29, 1.82) is 0 Å². The van der Waals surface area contributed by atoms with E-state index in [9.17, 15) is 18.9 Å². The highest BCUT2D eigenvalue weighted by atomic mass is 79.9. The third kappa shape index (κ3) is 4.14. The number of hydrogen-bond donors (Lipinski definition) is 1. The van der Waals surface area contributed by atoms with E-state index in [4.69, 9.17) is 0 Å². The van der Waals surface area contributed by atoms with E-state index in [2.05, 4.69) is 26.0 Å². The fourth-order valence-electron chi connectivity index (χ4n) is 1.81. The summed E-state index contributed by atoms with van der Waals surface area (Å²) >= 11 is 3.23. The van der Waals surface area contributed by atoms with Crippen LogP contribution in [0.5, 0.6) is 5.75 Å². The van der Waals surface area contributed by atoms with Crippen LogP contribution < -0.4 is 10.1 Å². The summed E-state index contributed by atoms with van der Waals surface area (Å²) in [5.41, 5.74) is 1.12. The van der Waals surface area contributed by atoms with Crippen molar-refractivity contribution in [1.82, 2.24) is 0 Å². The molecule has 2 aromatic carbocycles. The van der Waals surface area contributed by atoms with Crippen molar-refractivity contribution in [2.75, 3.05) is 5.32 Å². The van der Waals surface area contributed by atoms with Gasteiger partial charge in [0, 0.05) is 34.4 Å². The van der Waals surface area contributed by atoms with Gasteiger partial charge < -0.3 is 10.1 Å². The predicted molar refractivity (Wildman–Crippen MR) is 81.2 cm³/mol. The van der Waals surface area contributed by atoms with Gasteiger partial charge in [-0.05, 0) is 28.1 Å². The fraction of sp³-hybridized carbons (Fsp3) is 0.143. The van der Waals surface area contributed by atoms with Gasteiger partial charge in [0.15, 0.2) is 0 Å². The molecule has 0 aliphatic rings. The summed E-state index contributed by atoms with van der Waals surface area (Å²) in [5, 5.41) is 13.7. The first-order valence-electron chi connectivity index (χ1n) is 6.18. The second-order valence-electron chi connectivity index (χ2n) is 4.26. The van der Waals surface area contributed by atoms with Crippen LogP contribution in [-0.4, -0.2) is 11.5 Å². The predicted octanol–water partition coefficient (Wildman–Crippen LogP) is 4.57. The lowest BCUT2D eigenvalue weighted by atomic mass is 10.2. The van der Waals surface area contributed by atoms with Gasteiger partial charge in [0.1, 0.15) is 5.75 Å². The lowest BCUT2D eigenvalue weighted by Crippen LogP contribution is -2.07. The average molecular weight is 373 g/mol. The Balaban J connectivity index is 2.12. The molecule has 2 rings (SSSR count). The zero-order chi connectivity index (χ0) is 16.1. The number of nitrogens with one attached hydrogen (secondary N) is 1. The molecule has 0 unspecified atom stereocenters. The van der Waals surface area contributed by atoms with E-state index in [1.807, 2.05) is 0 Å². The van der Waals surface area contributed by atoms with Crippen molar-refractivity contribution in [3.63, 3.8) is 0 Å². The number of nitrogens with zero attached hydrogens (tertiary/aromatic N) is 1. The van der Waals surface area contributed by atoms with Crippen LogP contribution in [0.2, 0.25) is 0 Å². The summed E-state index contributed by atoms with van der Waals surface area (Å²) in [6.07, 6.45) is 0. The summed E-state index contributed by atoms with van der Waals surface area (Å²) in [4.78, 5) is 10.2. The average Bonchev–Trinajstić information content (AvgIpc) is 2.46. The maximum Gasteiger partial charge on any atom is 0.387 e. The molecule has 2 aromatic rings. The minimum atomic E-state index is -2.90. The Labute approximate surface area is 133 Å². The lowest BCUT2D eigenvalue weighted by molar-refractivity contribution is -0.384. The number of rotatable bonds is 6. The molecule has 0 atom stereocenters. The van der Waals surface area contributed by atoms with Crippen LogP contribution in [0.15, 0.2) is 46.9 Å². The fourth-order valence-corrected chi connectivity index (χ4v) is 2.32. The Morgan fingerprint density at radius 3 is 2.64 bits per heavy atom.